The van der Waals surface area contributed by atoms with Crippen molar-refractivity contribution in [2.75, 3.05) is 51.3 Å². The van der Waals surface area contributed by atoms with Gasteiger partial charge in [0.1, 0.15) is 17.6 Å². The molecule has 3 fully saturated rings. The number of ether oxygens (including phenoxy) is 2. The number of fused-ring (bicyclic) bond motifs is 1. The molecule has 51 heavy (non-hydrogen) atoms. The lowest BCUT2D eigenvalue weighted by Crippen LogP contribution is -2.49. The van der Waals surface area contributed by atoms with Crippen molar-refractivity contribution in [1.29, 1.82) is 0 Å². The second-order valence-electron chi connectivity index (χ2n) is 13.5. The standard InChI is InChI=1S/C38H41ClN6O6/c1-42-23-30(28-7-13-40-21-29(28)37(42)48)25-3-5-33(31(39)19-25)51-27-10-14-43(15-11-27)22-24-8-16-44(17-9-24)36(47)26-4-6-34(50-2)32(20-26)45-18-12-35(46)41-38(45)49/h3-7,13,19-21,23-24,27H,8-12,14-18,22H2,1-2H3,(H,41,46,49). The molecule has 266 valence electrons. The molecule has 4 amide bonds. The third-order valence-corrected chi connectivity index (χ3v) is 10.5. The summed E-state index contributed by atoms with van der Waals surface area (Å²) in [6.07, 6.45) is 9.01. The molecule has 0 aliphatic carbocycles. The van der Waals surface area contributed by atoms with Crippen LogP contribution in [0.1, 0.15) is 42.5 Å². The number of aromatic nitrogens is 2. The van der Waals surface area contributed by atoms with Gasteiger partial charge in [-0.3, -0.25) is 29.6 Å². The van der Waals surface area contributed by atoms with E-state index in [-0.39, 0.29) is 36.4 Å². The van der Waals surface area contributed by atoms with Gasteiger partial charge in [0.05, 0.1) is 23.2 Å². The first kappa shape index (κ1) is 34.5. The topological polar surface area (TPSA) is 126 Å². The Balaban J connectivity index is 0.901. The first-order valence-corrected chi connectivity index (χ1v) is 17.8. The number of benzene rings is 2. The number of imide groups is 1. The number of anilines is 1. The summed E-state index contributed by atoms with van der Waals surface area (Å²) >= 11 is 6.74. The van der Waals surface area contributed by atoms with Crippen LogP contribution in [-0.4, -0.2) is 89.7 Å². The molecule has 0 spiro atoms. The Morgan fingerprint density at radius 3 is 2.43 bits per heavy atom. The van der Waals surface area contributed by atoms with Crippen LogP contribution >= 0.6 is 11.6 Å². The largest absolute Gasteiger partial charge is 0.495 e. The summed E-state index contributed by atoms with van der Waals surface area (Å²) in [5, 5.41) is 4.26. The molecule has 0 saturated carbocycles. The van der Waals surface area contributed by atoms with Gasteiger partial charge in [-0.15, -0.1) is 0 Å². The monoisotopic (exact) mass is 712 g/mol. The molecule has 5 heterocycles. The number of carbonyl (C=O) groups excluding carboxylic acids is 3. The summed E-state index contributed by atoms with van der Waals surface area (Å²) < 4.78 is 13.4. The van der Waals surface area contributed by atoms with Crippen LogP contribution in [0.4, 0.5) is 10.5 Å². The zero-order chi connectivity index (χ0) is 35.6. The van der Waals surface area contributed by atoms with Crippen LogP contribution in [-0.2, 0) is 11.8 Å². The Morgan fingerprint density at radius 1 is 0.941 bits per heavy atom. The highest BCUT2D eigenvalue weighted by molar-refractivity contribution is 6.32. The number of pyridine rings is 2. The molecule has 0 unspecified atom stereocenters. The number of rotatable bonds is 8. The predicted octanol–water partition coefficient (Wildman–Crippen LogP) is 5.10. The Labute approximate surface area is 300 Å². The molecule has 3 saturated heterocycles. The normalized spacial score (nSPS) is 17.9. The minimum absolute atomic E-state index is 0.0689. The molecule has 4 aromatic rings. The summed E-state index contributed by atoms with van der Waals surface area (Å²) in [5.41, 5.74) is 2.68. The maximum absolute atomic E-state index is 13.5. The van der Waals surface area contributed by atoms with Crippen molar-refractivity contribution in [3.05, 3.63) is 82.0 Å². The van der Waals surface area contributed by atoms with E-state index in [9.17, 15) is 19.2 Å². The van der Waals surface area contributed by atoms with Crippen molar-refractivity contribution in [3.8, 4) is 22.6 Å². The van der Waals surface area contributed by atoms with Crippen molar-refractivity contribution in [3.63, 3.8) is 0 Å². The number of urea groups is 1. The van der Waals surface area contributed by atoms with E-state index in [1.54, 1.807) is 42.2 Å². The molecule has 13 heteroatoms. The lowest BCUT2D eigenvalue weighted by molar-refractivity contribution is -0.120. The number of piperidine rings is 2. The van der Waals surface area contributed by atoms with E-state index in [4.69, 9.17) is 21.1 Å². The summed E-state index contributed by atoms with van der Waals surface area (Å²) in [5.74, 6) is 1.23. The van der Waals surface area contributed by atoms with Gasteiger partial charge in [0.2, 0.25) is 5.91 Å². The lowest BCUT2D eigenvalue weighted by Gasteiger charge is -2.38. The number of carbonyl (C=O) groups is 3. The van der Waals surface area contributed by atoms with Crippen molar-refractivity contribution >= 4 is 45.9 Å². The lowest BCUT2D eigenvalue weighted by atomic mass is 9.94. The van der Waals surface area contributed by atoms with Crippen LogP contribution < -0.4 is 25.2 Å². The van der Waals surface area contributed by atoms with Crippen LogP contribution in [0.25, 0.3) is 21.9 Å². The smallest absolute Gasteiger partial charge is 0.328 e. The molecular formula is C38H41ClN6O6. The molecule has 2 aromatic carbocycles. The second-order valence-corrected chi connectivity index (χ2v) is 13.9. The highest BCUT2D eigenvalue weighted by Gasteiger charge is 2.30. The molecule has 0 atom stereocenters. The van der Waals surface area contributed by atoms with Gasteiger partial charge in [0, 0.05) is 82.5 Å². The molecule has 3 aliphatic rings. The van der Waals surface area contributed by atoms with Crippen molar-refractivity contribution in [2.24, 2.45) is 13.0 Å². The summed E-state index contributed by atoms with van der Waals surface area (Å²) in [6, 6.07) is 12.2. The summed E-state index contributed by atoms with van der Waals surface area (Å²) in [7, 11) is 3.25. The number of halogens is 1. The maximum atomic E-state index is 13.5. The molecule has 3 aliphatic heterocycles. The molecule has 0 bridgehead atoms. The third kappa shape index (κ3) is 7.29. The minimum Gasteiger partial charge on any atom is -0.495 e. The van der Waals surface area contributed by atoms with E-state index < -0.39 is 6.03 Å². The van der Waals surface area contributed by atoms with E-state index in [0.717, 1.165) is 61.8 Å². The Bertz CT molecular complexity index is 2040. The third-order valence-electron chi connectivity index (χ3n) is 10.2. The first-order valence-electron chi connectivity index (χ1n) is 17.4. The zero-order valence-electron chi connectivity index (χ0n) is 28.8. The second kappa shape index (κ2) is 14.7. The fourth-order valence-electron chi connectivity index (χ4n) is 7.39. The number of nitrogens with zero attached hydrogens (tertiary/aromatic N) is 5. The number of amides is 4. The van der Waals surface area contributed by atoms with Crippen LogP contribution in [0.3, 0.4) is 0 Å². The van der Waals surface area contributed by atoms with Gasteiger partial charge in [-0.1, -0.05) is 17.7 Å². The molecular weight excluding hydrogens is 672 g/mol. The van der Waals surface area contributed by atoms with Gasteiger partial charge < -0.3 is 23.8 Å². The fraction of sp³-hybridized carbons (Fsp3) is 0.395. The van der Waals surface area contributed by atoms with E-state index in [2.05, 4.69) is 15.2 Å². The van der Waals surface area contributed by atoms with Gasteiger partial charge in [-0.25, -0.2) is 4.79 Å². The highest BCUT2D eigenvalue weighted by Crippen LogP contribution is 2.35. The van der Waals surface area contributed by atoms with E-state index >= 15 is 0 Å². The van der Waals surface area contributed by atoms with Gasteiger partial charge in [0.25, 0.3) is 11.5 Å². The Hall–Kier alpha value is -4.94. The van der Waals surface area contributed by atoms with Gasteiger partial charge in [-0.05, 0) is 78.9 Å². The number of hydrogen-bond acceptors (Lipinski definition) is 8. The van der Waals surface area contributed by atoms with E-state index in [1.165, 1.54) is 12.0 Å². The quantitative estimate of drug-likeness (QED) is 0.268. The maximum Gasteiger partial charge on any atom is 0.328 e. The van der Waals surface area contributed by atoms with Crippen LogP contribution in [0.15, 0.2) is 65.8 Å². The van der Waals surface area contributed by atoms with Gasteiger partial charge >= 0.3 is 6.03 Å². The molecule has 2 aromatic heterocycles. The predicted molar refractivity (Wildman–Crippen MR) is 195 cm³/mol. The first-order chi connectivity index (χ1) is 24.7. The van der Waals surface area contributed by atoms with Crippen LogP contribution in [0.5, 0.6) is 11.5 Å². The van der Waals surface area contributed by atoms with Crippen molar-refractivity contribution in [1.82, 2.24) is 24.7 Å². The van der Waals surface area contributed by atoms with Crippen LogP contribution in [0.2, 0.25) is 5.02 Å². The molecule has 0 radical (unpaired) electrons. The van der Waals surface area contributed by atoms with Gasteiger partial charge in [-0.2, -0.15) is 0 Å². The number of nitrogens with one attached hydrogen (secondary N) is 1. The summed E-state index contributed by atoms with van der Waals surface area (Å²) in [4.78, 5) is 60.2. The molecule has 1 N–H and O–H groups in total. The molecule has 7 rings (SSSR count). The highest BCUT2D eigenvalue weighted by atomic mass is 35.5. The summed E-state index contributed by atoms with van der Waals surface area (Å²) in [6.45, 7) is 4.42. The average Bonchev–Trinajstić information content (AvgIpc) is 3.14. The van der Waals surface area contributed by atoms with E-state index in [1.807, 2.05) is 35.4 Å². The fourth-order valence-corrected chi connectivity index (χ4v) is 7.61. The average molecular weight is 713 g/mol. The zero-order valence-corrected chi connectivity index (χ0v) is 29.5. The SMILES string of the molecule is COc1ccc(C(=O)N2CCC(CN3CCC(Oc4ccc(-c5cn(C)c(=O)c6cnccc56)cc4Cl)CC3)CC2)cc1N1CCC(=O)NC1=O. The Kier molecular flexibility index (Phi) is 9.97. The van der Waals surface area contributed by atoms with E-state index in [0.29, 0.717) is 52.2 Å². The van der Waals surface area contributed by atoms with Gasteiger partial charge in [0.15, 0.2) is 0 Å². The number of likely N-dealkylation sites (tertiary alicyclic amines) is 2. The number of aryl methyl sites for hydroxylation is 1. The van der Waals surface area contributed by atoms with Crippen molar-refractivity contribution < 1.29 is 23.9 Å². The number of methoxy groups -OCH3 is 1. The molecule has 12 nitrogen and oxygen atoms in total. The Morgan fingerprint density at radius 2 is 1.71 bits per heavy atom. The number of hydrogen-bond donors (Lipinski definition) is 1. The van der Waals surface area contributed by atoms with Crippen molar-refractivity contribution in [2.45, 2.75) is 38.2 Å². The minimum atomic E-state index is -0.519. The van der Waals surface area contributed by atoms with Crippen LogP contribution in [0, 0.1) is 5.92 Å².